The Labute approximate surface area is 103 Å². The Morgan fingerprint density at radius 1 is 1.73 bits per heavy atom. The summed E-state index contributed by atoms with van der Waals surface area (Å²) in [5.41, 5.74) is 0.135. The zero-order valence-electron chi connectivity index (χ0n) is 9.05. The number of nitrogens with one attached hydrogen (secondary N) is 1. The van der Waals surface area contributed by atoms with Crippen LogP contribution in [0.2, 0.25) is 0 Å². The van der Waals surface area contributed by atoms with E-state index in [0.717, 1.165) is 19.6 Å². The predicted octanol–water partition coefficient (Wildman–Crippen LogP) is 3.17. The van der Waals surface area contributed by atoms with Crippen molar-refractivity contribution >= 4 is 27.3 Å². The number of ether oxygens (including phenoxy) is 1. The van der Waals surface area contributed by atoms with Crippen molar-refractivity contribution in [2.45, 2.75) is 38.5 Å². The first kappa shape index (κ1) is 11.6. The normalized spacial score (nSPS) is 31.0. The van der Waals surface area contributed by atoms with Crippen LogP contribution < -0.4 is 5.32 Å². The minimum atomic E-state index is 0.135. The number of hydrogen-bond acceptors (Lipinski definition) is 3. The van der Waals surface area contributed by atoms with Crippen LogP contribution in [0.3, 0.4) is 0 Å². The summed E-state index contributed by atoms with van der Waals surface area (Å²) < 4.78 is 6.77. The smallest absolute Gasteiger partial charge is 0.0726 e. The van der Waals surface area contributed by atoms with Crippen LogP contribution in [0.15, 0.2) is 15.9 Å². The fourth-order valence-electron chi connectivity index (χ4n) is 1.80. The van der Waals surface area contributed by atoms with Gasteiger partial charge in [-0.05, 0) is 42.3 Å². The molecule has 1 aromatic heterocycles. The van der Waals surface area contributed by atoms with Crippen molar-refractivity contribution in [1.29, 1.82) is 0 Å². The predicted molar refractivity (Wildman–Crippen MR) is 67.3 cm³/mol. The van der Waals surface area contributed by atoms with Gasteiger partial charge in [0.05, 0.1) is 6.10 Å². The molecule has 1 fully saturated rings. The van der Waals surface area contributed by atoms with Gasteiger partial charge in [0.2, 0.25) is 0 Å². The number of hydrogen-bond donors (Lipinski definition) is 1. The maximum Gasteiger partial charge on any atom is 0.0726 e. The van der Waals surface area contributed by atoms with Gasteiger partial charge >= 0.3 is 0 Å². The molecule has 1 saturated heterocycles. The standard InChI is InChI=1S/C11H16BrNOS/c1-8-11(2,3-4-14-8)13-6-10-5-9(12)7-15-10/h5,7-8,13H,3-4,6H2,1-2H3. The Morgan fingerprint density at radius 2 is 2.53 bits per heavy atom. The number of rotatable bonds is 3. The number of thiophene rings is 1. The highest BCUT2D eigenvalue weighted by Crippen LogP contribution is 2.26. The highest BCUT2D eigenvalue weighted by atomic mass is 79.9. The molecule has 0 spiro atoms. The van der Waals surface area contributed by atoms with E-state index in [4.69, 9.17) is 4.74 Å². The molecule has 1 N–H and O–H groups in total. The van der Waals surface area contributed by atoms with E-state index < -0.39 is 0 Å². The molecule has 2 atom stereocenters. The Hall–Kier alpha value is 0.1000. The zero-order valence-corrected chi connectivity index (χ0v) is 11.5. The van der Waals surface area contributed by atoms with Crippen molar-refractivity contribution in [3.05, 3.63) is 20.8 Å². The summed E-state index contributed by atoms with van der Waals surface area (Å²) in [6.07, 6.45) is 1.40. The Bertz CT molecular complexity index is 341. The molecular formula is C11H16BrNOS. The molecule has 1 aliphatic heterocycles. The third-order valence-corrected chi connectivity index (χ3v) is 4.87. The molecule has 0 aromatic carbocycles. The van der Waals surface area contributed by atoms with Crippen molar-refractivity contribution in [1.82, 2.24) is 5.32 Å². The minimum Gasteiger partial charge on any atom is -0.377 e. The summed E-state index contributed by atoms with van der Waals surface area (Å²) in [6, 6.07) is 2.17. The maximum atomic E-state index is 5.59. The van der Waals surface area contributed by atoms with Gasteiger partial charge in [0, 0.05) is 33.4 Å². The van der Waals surface area contributed by atoms with Crippen LogP contribution in [-0.2, 0) is 11.3 Å². The van der Waals surface area contributed by atoms with E-state index in [0.29, 0.717) is 6.10 Å². The second-order valence-corrected chi connectivity index (χ2v) is 6.18. The quantitative estimate of drug-likeness (QED) is 0.923. The van der Waals surface area contributed by atoms with Crippen LogP contribution in [0, 0.1) is 0 Å². The fraction of sp³-hybridized carbons (Fsp3) is 0.636. The minimum absolute atomic E-state index is 0.135. The lowest BCUT2D eigenvalue weighted by molar-refractivity contribution is 0.0882. The lowest BCUT2D eigenvalue weighted by Crippen LogP contribution is -2.47. The van der Waals surface area contributed by atoms with E-state index in [1.165, 1.54) is 9.35 Å². The monoisotopic (exact) mass is 289 g/mol. The molecular weight excluding hydrogens is 274 g/mol. The van der Waals surface area contributed by atoms with Gasteiger partial charge < -0.3 is 10.1 Å². The van der Waals surface area contributed by atoms with E-state index >= 15 is 0 Å². The van der Waals surface area contributed by atoms with Gasteiger partial charge in [-0.3, -0.25) is 0 Å². The van der Waals surface area contributed by atoms with Crippen LogP contribution in [-0.4, -0.2) is 18.2 Å². The second-order valence-electron chi connectivity index (χ2n) is 4.27. The van der Waals surface area contributed by atoms with E-state index in [9.17, 15) is 0 Å². The second kappa shape index (κ2) is 4.53. The summed E-state index contributed by atoms with van der Waals surface area (Å²) >= 11 is 5.25. The van der Waals surface area contributed by atoms with E-state index in [2.05, 4.69) is 46.5 Å². The zero-order chi connectivity index (χ0) is 10.9. The van der Waals surface area contributed by atoms with Crippen molar-refractivity contribution in [3.63, 3.8) is 0 Å². The van der Waals surface area contributed by atoms with Crippen LogP contribution in [0.4, 0.5) is 0 Å². The molecule has 0 radical (unpaired) electrons. The van der Waals surface area contributed by atoms with E-state index in [1.54, 1.807) is 11.3 Å². The van der Waals surface area contributed by atoms with Crippen LogP contribution in [0.25, 0.3) is 0 Å². The highest BCUT2D eigenvalue weighted by Gasteiger charge is 2.36. The van der Waals surface area contributed by atoms with Gasteiger partial charge in [0.25, 0.3) is 0 Å². The summed E-state index contributed by atoms with van der Waals surface area (Å²) in [5.74, 6) is 0. The molecule has 15 heavy (non-hydrogen) atoms. The van der Waals surface area contributed by atoms with Gasteiger partial charge in [-0.1, -0.05) is 0 Å². The van der Waals surface area contributed by atoms with Crippen LogP contribution in [0.5, 0.6) is 0 Å². The molecule has 0 aliphatic carbocycles. The van der Waals surface area contributed by atoms with Crippen LogP contribution in [0.1, 0.15) is 25.1 Å². The summed E-state index contributed by atoms with van der Waals surface area (Å²) in [4.78, 5) is 1.36. The molecule has 1 aromatic rings. The summed E-state index contributed by atoms with van der Waals surface area (Å²) in [5, 5.41) is 5.72. The third kappa shape index (κ3) is 2.61. The van der Waals surface area contributed by atoms with Crippen molar-refractivity contribution in [3.8, 4) is 0 Å². The van der Waals surface area contributed by atoms with Crippen molar-refractivity contribution in [2.24, 2.45) is 0 Å². The molecule has 0 saturated carbocycles. The molecule has 2 unspecified atom stereocenters. The Kier molecular flexibility index (Phi) is 3.50. The Morgan fingerprint density at radius 3 is 3.07 bits per heavy atom. The average molecular weight is 290 g/mol. The summed E-state index contributed by atoms with van der Waals surface area (Å²) in [7, 11) is 0. The summed E-state index contributed by atoms with van der Waals surface area (Å²) in [6.45, 7) is 6.19. The van der Waals surface area contributed by atoms with E-state index in [-0.39, 0.29) is 5.54 Å². The lowest BCUT2D eigenvalue weighted by atomic mass is 9.95. The number of halogens is 1. The van der Waals surface area contributed by atoms with E-state index in [1.807, 2.05) is 0 Å². The van der Waals surface area contributed by atoms with Crippen LogP contribution >= 0.6 is 27.3 Å². The molecule has 4 heteroatoms. The van der Waals surface area contributed by atoms with Gasteiger partial charge in [-0.15, -0.1) is 11.3 Å². The van der Waals surface area contributed by atoms with Gasteiger partial charge in [0.1, 0.15) is 0 Å². The van der Waals surface area contributed by atoms with Crippen molar-refractivity contribution in [2.75, 3.05) is 6.61 Å². The first-order valence-electron chi connectivity index (χ1n) is 5.20. The van der Waals surface area contributed by atoms with Gasteiger partial charge in [0.15, 0.2) is 0 Å². The molecule has 0 amide bonds. The maximum absolute atomic E-state index is 5.59. The SMILES string of the molecule is CC1OCCC1(C)NCc1cc(Br)cs1. The molecule has 1 aliphatic rings. The largest absolute Gasteiger partial charge is 0.377 e. The molecule has 0 bridgehead atoms. The highest BCUT2D eigenvalue weighted by molar-refractivity contribution is 9.10. The first-order valence-corrected chi connectivity index (χ1v) is 6.87. The molecule has 2 rings (SSSR count). The first-order chi connectivity index (χ1) is 7.10. The Balaban J connectivity index is 1.92. The lowest BCUT2D eigenvalue weighted by Gasteiger charge is -2.28. The van der Waals surface area contributed by atoms with Gasteiger partial charge in [-0.2, -0.15) is 0 Å². The molecule has 2 nitrogen and oxygen atoms in total. The van der Waals surface area contributed by atoms with Gasteiger partial charge in [-0.25, -0.2) is 0 Å². The topological polar surface area (TPSA) is 21.3 Å². The fourth-order valence-corrected chi connectivity index (χ4v) is 3.19. The average Bonchev–Trinajstić information content (AvgIpc) is 2.73. The van der Waals surface area contributed by atoms with Crippen molar-refractivity contribution < 1.29 is 4.74 Å². The third-order valence-electron chi connectivity index (χ3n) is 3.17. The molecule has 2 heterocycles. The molecule has 84 valence electrons.